The van der Waals surface area contributed by atoms with E-state index in [1.165, 1.54) is 32.1 Å². The van der Waals surface area contributed by atoms with Crippen LogP contribution in [0.5, 0.6) is 11.5 Å². The predicted octanol–water partition coefficient (Wildman–Crippen LogP) is 7.17. The lowest BCUT2D eigenvalue weighted by Gasteiger charge is -2.07. The minimum Gasteiger partial charge on any atom is -0.497 e. The zero-order chi connectivity index (χ0) is 18.6. The van der Waals surface area contributed by atoms with Gasteiger partial charge in [0.15, 0.2) is 0 Å². The Kier molecular flexibility index (Phi) is 9.13. The van der Waals surface area contributed by atoms with Gasteiger partial charge in [-0.3, -0.25) is 0 Å². The molecule has 26 heavy (non-hydrogen) atoms. The van der Waals surface area contributed by atoms with Gasteiger partial charge in [0.05, 0.1) is 13.7 Å². The third kappa shape index (κ3) is 7.13. The molecule has 0 atom stereocenters. The van der Waals surface area contributed by atoms with Crippen molar-refractivity contribution in [3.05, 3.63) is 59.7 Å². The molecule has 140 valence electrons. The molecule has 2 aromatic rings. The summed E-state index contributed by atoms with van der Waals surface area (Å²) in [5.41, 5.74) is 2.02. The molecule has 2 rings (SSSR count). The Labute approximate surface area is 162 Å². The Morgan fingerprint density at radius 3 is 2.12 bits per heavy atom. The molecular weight excluding hydrogens is 344 g/mol. The normalized spacial score (nSPS) is 11.4. The van der Waals surface area contributed by atoms with Crippen LogP contribution in [0.2, 0.25) is 0 Å². The van der Waals surface area contributed by atoms with Crippen molar-refractivity contribution in [1.82, 2.24) is 0 Å². The fraction of sp³-hybridized carbons (Fsp3) is 0.391. The van der Waals surface area contributed by atoms with Crippen molar-refractivity contribution in [3.8, 4) is 11.5 Å². The number of unbranched alkanes of at least 4 members (excludes halogenated alkanes) is 5. The highest BCUT2D eigenvalue weighted by atomic mass is 35.5. The molecule has 0 bridgehead atoms. The van der Waals surface area contributed by atoms with E-state index >= 15 is 0 Å². The molecule has 0 unspecified atom stereocenters. The second kappa shape index (κ2) is 11.6. The summed E-state index contributed by atoms with van der Waals surface area (Å²) in [6, 6.07) is 15.8. The highest BCUT2D eigenvalue weighted by molar-refractivity contribution is 6.51. The van der Waals surface area contributed by atoms with E-state index < -0.39 is 0 Å². The molecule has 2 aromatic carbocycles. The Morgan fingerprint density at radius 2 is 1.46 bits per heavy atom. The zero-order valence-electron chi connectivity index (χ0n) is 15.8. The van der Waals surface area contributed by atoms with Gasteiger partial charge in [0, 0.05) is 5.03 Å². The average Bonchev–Trinajstić information content (AvgIpc) is 2.68. The van der Waals surface area contributed by atoms with Gasteiger partial charge in [-0.05, 0) is 60.0 Å². The summed E-state index contributed by atoms with van der Waals surface area (Å²) in [7, 11) is 1.66. The van der Waals surface area contributed by atoms with Crippen LogP contribution in [0, 0.1) is 0 Å². The van der Waals surface area contributed by atoms with Crippen LogP contribution in [0.25, 0.3) is 11.1 Å². The van der Waals surface area contributed by atoms with Gasteiger partial charge in [-0.1, -0.05) is 62.8 Å². The fourth-order valence-corrected chi connectivity index (χ4v) is 2.96. The van der Waals surface area contributed by atoms with E-state index in [4.69, 9.17) is 21.1 Å². The maximum absolute atomic E-state index is 6.44. The van der Waals surface area contributed by atoms with E-state index in [1.54, 1.807) is 7.11 Å². The monoisotopic (exact) mass is 372 g/mol. The quantitative estimate of drug-likeness (QED) is 0.307. The molecule has 0 saturated carbocycles. The Hall–Kier alpha value is -1.93. The van der Waals surface area contributed by atoms with Crippen LogP contribution in [-0.2, 0) is 0 Å². The van der Waals surface area contributed by atoms with Crippen LogP contribution >= 0.6 is 11.6 Å². The van der Waals surface area contributed by atoms with Crippen molar-refractivity contribution < 1.29 is 9.47 Å². The molecule has 0 radical (unpaired) electrons. The van der Waals surface area contributed by atoms with Crippen LogP contribution in [0.4, 0.5) is 0 Å². The van der Waals surface area contributed by atoms with Crippen LogP contribution in [0.1, 0.15) is 56.6 Å². The van der Waals surface area contributed by atoms with Gasteiger partial charge in [-0.2, -0.15) is 0 Å². The number of methoxy groups -OCH3 is 1. The topological polar surface area (TPSA) is 18.5 Å². The summed E-state index contributed by atoms with van der Waals surface area (Å²) in [4.78, 5) is 0. The van der Waals surface area contributed by atoms with Crippen LogP contribution in [-0.4, -0.2) is 13.7 Å². The van der Waals surface area contributed by atoms with Gasteiger partial charge in [0.25, 0.3) is 0 Å². The maximum atomic E-state index is 6.44. The van der Waals surface area contributed by atoms with E-state index in [2.05, 4.69) is 6.92 Å². The van der Waals surface area contributed by atoms with Crippen molar-refractivity contribution >= 4 is 22.7 Å². The maximum Gasteiger partial charge on any atom is 0.119 e. The molecule has 0 aliphatic carbocycles. The van der Waals surface area contributed by atoms with Crippen LogP contribution < -0.4 is 9.47 Å². The highest BCUT2D eigenvalue weighted by Gasteiger charge is 2.01. The SMILES string of the molecule is CCCCCCCCOc1ccc(/C(Cl)=C/c2ccc(OC)cc2)cc1. The number of rotatable bonds is 11. The predicted molar refractivity (Wildman–Crippen MR) is 112 cm³/mol. The highest BCUT2D eigenvalue weighted by Crippen LogP contribution is 2.25. The number of hydrogen-bond acceptors (Lipinski definition) is 2. The fourth-order valence-electron chi connectivity index (χ4n) is 2.71. The van der Waals surface area contributed by atoms with E-state index in [1.807, 2.05) is 54.6 Å². The molecule has 0 aliphatic rings. The van der Waals surface area contributed by atoms with Crippen molar-refractivity contribution in [2.75, 3.05) is 13.7 Å². The summed E-state index contributed by atoms with van der Waals surface area (Å²) in [5.74, 6) is 1.74. The summed E-state index contributed by atoms with van der Waals surface area (Å²) in [6.45, 7) is 3.02. The van der Waals surface area contributed by atoms with Crippen molar-refractivity contribution in [3.63, 3.8) is 0 Å². The molecule has 2 nitrogen and oxygen atoms in total. The molecule has 0 saturated heterocycles. The largest absolute Gasteiger partial charge is 0.497 e. The first-order valence-electron chi connectivity index (χ1n) is 9.47. The molecular formula is C23H29ClO2. The van der Waals surface area contributed by atoms with E-state index in [0.29, 0.717) is 5.03 Å². The molecule has 0 aromatic heterocycles. The molecule has 0 aliphatic heterocycles. The van der Waals surface area contributed by atoms with Crippen molar-refractivity contribution in [2.45, 2.75) is 45.4 Å². The first-order valence-corrected chi connectivity index (χ1v) is 9.85. The van der Waals surface area contributed by atoms with Gasteiger partial charge < -0.3 is 9.47 Å². The third-order valence-electron chi connectivity index (χ3n) is 4.31. The van der Waals surface area contributed by atoms with E-state index in [9.17, 15) is 0 Å². The number of ether oxygens (including phenoxy) is 2. The molecule has 0 heterocycles. The molecule has 0 fully saturated rings. The summed E-state index contributed by atoms with van der Waals surface area (Å²) in [5, 5.41) is 0.706. The summed E-state index contributed by atoms with van der Waals surface area (Å²) < 4.78 is 11.0. The van der Waals surface area contributed by atoms with Gasteiger partial charge >= 0.3 is 0 Å². The summed E-state index contributed by atoms with van der Waals surface area (Å²) in [6.07, 6.45) is 9.59. The average molecular weight is 373 g/mol. The van der Waals surface area contributed by atoms with Crippen LogP contribution in [0.3, 0.4) is 0 Å². The van der Waals surface area contributed by atoms with Gasteiger partial charge in [0.1, 0.15) is 11.5 Å². The number of hydrogen-bond donors (Lipinski definition) is 0. The summed E-state index contributed by atoms with van der Waals surface area (Å²) >= 11 is 6.44. The van der Waals surface area contributed by atoms with Gasteiger partial charge in [-0.15, -0.1) is 0 Å². The Balaban J connectivity index is 1.81. The second-order valence-corrected chi connectivity index (χ2v) is 6.81. The lowest BCUT2D eigenvalue weighted by molar-refractivity contribution is 0.304. The molecule has 0 spiro atoms. The standard InChI is InChI=1S/C23H29ClO2/c1-3-4-5-6-7-8-17-26-22-15-11-20(12-16-22)23(24)18-19-9-13-21(25-2)14-10-19/h9-16,18H,3-8,17H2,1-2H3/b23-18-. The van der Waals surface area contributed by atoms with Gasteiger partial charge in [0.2, 0.25) is 0 Å². The number of benzene rings is 2. The smallest absolute Gasteiger partial charge is 0.119 e. The van der Waals surface area contributed by atoms with Crippen molar-refractivity contribution in [1.29, 1.82) is 0 Å². The lowest BCUT2D eigenvalue weighted by atomic mass is 10.1. The van der Waals surface area contributed by atoms with Crippen molar-refractivity contribution in [2.24, 2.45) is 0 Å². The number of halogens is 1. The first kappa shape index (κ1) is 20.4. The Morgan fingerprint density at radius 1 is 0.846 bits per heavy atom. The third-order valence-corrected chi connectivity index (χ3v) is 4.63. The molecule has 0 amide bonds. The Bertz CT molecular complexity index is 660. The van der Waals surface area contributed by atoms with Crippen LogP contribution in [0.15, 0.2) is 48.5 Å². The second-order valence-electron chi connectivity index (χ2n) is 6.41. The zero-order valence-corrected chi connectivity index (χ0v) is 16.6. The van der Waals surface area contributed by atoms with E-state index in [-0.39, 0.29) is 0 Å². The minimum atomic E-state index is 0.706. The lowest BCUT2D eigenvalue weighted by Crippen LogP contribution is -1.97. The van der Waals surface area contributed by atoms with E-state index in [0.717, 1.165) is 35.7 Å². The first-order chi connectivity index (χ1) is 12.7. The minimum absolute atomic E-state index is 0.706. The molecule has 3 heteroatoms. The van der Waals surface area contributed by atoms with Gasteiger partial charge in [-0.25, -0.2) is 0 Å². The molecule has 0 N–H and O–H groups in total.